The molecule has 0 spiro atoms. The standard InChI is InChI=1S/C16H17FN2O/c1-19(11-14-4-2-3-5-15(14)17)10-12-6-8-13(9-7-12)16(18)20/h2-9H,10-11H2,1H3,(H2,18,20). The summed E-state index contributed by atoms with van der Waals surface area (Å²) in [5.41, 5.74) is 7.40. The molecule has 3 nitrogen and oxygen atoms in total. The zero-order valence-electron chi connectivity index (χ0n) is 11.3. The van der Waals surface area contributed by atoms with Gasteiger partial charge in [0.1, 0.15) is 5.82 Å². The summed E-state index contributed by atoms with van der Waals surface area (Å²) in [6, 6.07) is 13.9. The first-order valence-corrected chi connectivity index (χ1v) is 6.37. The van der Waals surface area contributed by atoms with Gasteiger partial charge in [-0.3, -0.25) is 9.69 Å². The third-order valence-corrected chi connectivity index (χ3v) is 3.09. The highest BCUT2D eigenvalue weighted by Crippen LogP contribution is 2.12. The van der Waals surface area contributed by atoms with Gasteiger partial charge in [-0.05, 0) is 30.8 Å². The fourth-order valence-corrected chi connectivity index (χ4v) is 2.06. The first-order chi connectivity index (χ1) is 9.56. The van der Waals surface area contributed by atoms with Crippen LogP contribution in [0.1, 0.15) is 21.5 Å². The maximum atomic E-state index is 13.6. The van der Waals surface area contributed by atoms with E-state index in [2.05, 4.69) is 0 Å². The van der Waals surface area contributed by atoms with Crippen molar-refractivity contribution < 1.29 is 9.18 Å². The van der Waals surface area contributed by atoms with E-state index in [-0.39, 0.29) is 5.82 Å². The van der Waals surface area contributed by atoms with Gasteiger partial charge in [0.15, 0.2) is 0 Å². The van der Waals surface area contributed by atoms with Crippen LogP contribution < -0.4 is 5.73 Å². The number of benzene rings is 2. The van der Waals surface area contributed by atoms with Gasteiger partial charge in [0.25, 0.3) is 0 Å². The van der Waals surface area contributed by atoms with Crippen LogP contribution in [0.5, 0.6) is 0 Å². The molecule has 0 aliphatic rings. The van der Waals surface area contributed by atoms with Crippen LogP contribution in [0.25, 0.3) is 0 Å². The second-order valence-corrected chi connectivity index (χ2v) is 4.82. The lowest BCUT2D eigenvalue weighted by Gasteiger charge is -2.17. The molecule has 0 saturated heterocycles. The lowest BCUT2D eigenvalue weighted by Crippen LogP contribution is -2.18. The average molecular weight is 272 g/mol. The maximum Gasteiger partial charge on any atom is 0.248 e. The van der Waals surface area contributed by atoms with Gasteiger partial charge in [-0.1, -0.05) is 30.3 Å². The van der Waals surface area contributed by atoms with E-state index in [0.717, 1.165) is 5.56 Å². The van der Waals surface area contributed by atoms with Crippen molar-refractivity contribution in [1.29, 1.82) is 0 Å². The molecule has 0 atom stereocenters. The summed E-state index contributed by atoms with van der Waals surface area (Å²) in [6.07, 6.45) is 0. The van der Waals surface area contributed by atoms with Crippen LogP contribution in [-0.2, 0) is 13.1 Å². The van der Waals surface area contributed by atoms with Crippen molar-refractivity contribution in [2.24, 2.45) is 5.73 Å². The van der Waals surface area contributed by atoms with Crippen molar-refractivity contribution in [3.63, 3.8) is 0 Å². The number of nitrogens with two attached hydrogens (primary N) is 1. The van der Waals surface area contributed by atoms with Crippen LogP contribution in [0.4, 0.5) is 4.39 Å². The number of rotatable bonds is 5. The largest absolute Gasteiger partial charge is 0.366 e. The molecule has 0 bridgehead atoms. The first-order valence-electron chi connectivity index (χ1n) is 6.37. The number of hydrogen-bond acceptors (Lipinski definition) is 2. The van der Waals surface area contributed by atoms with E-state index in [1.54, 1.807) is 24.3 Å². The van der Waals surface area contributed by atoms with Crippen LogP contribution >= 0.6 is 0 Å². The molecule has 2 aromatic carbocycles. The van der Waals surface area contributed by atoms with Crippen LogP contribution in [0, 0.1) is 5.82 Å². The average Bonchev–Trinajstić information content (AvgIpc) is 2.42. The molecule has 4 heteroatoms. The summed E-state index contributed by atoms with van der Waals surface area (Å²) in [5.74, 6) is -0.625. The Labute approximate surface area is 117 Å². The van der Waals surface area contributed by atoms with Crippen molar-refractivity contribution in [2.45, 2.75) is 13.1 Å². The van der Waals surface area contributed by atoms with E-state index in [0.29, 0.717) is 24.2 Å². The number of carbonyl (C=O) groups is 1. The summed E-state index contributed by atoms with van der Waals surface area (Å²) in [5, 5.41) is 0. The van der Waals surface area contributed by atoms with E-state index in [1.165, 1.54) is 6.07 Å². The molecule has 0 aliphatic carbocycles. The molecule has 0 aliphatic heterocycles. The second-order valence-electron chi connectivity index (χ2n) is 4.82. The summed E-state index contributed by atoms with van der Waals surface area (Å²) in [7, 11) is 1.93. The molecule has 2 N–H and O–H groups in total. The Balaban J connectivity index is 1.99. The van der Waals surface area contributed by atoms with Crippen LogP contribution in [-0.4, -0.2) is 17.9 Å². The predicted octanol–water partition coefficient (Wildman–Crippen LogP) is 2.56. The number of primary amides is 1. The van der Waals surface area contributed by atoms with E-state index >= 15 is 0 Å². The molecule has 0 saturated carbocycles. The van der Waals surface area contributed by atoms with Gasteiger partial charge >= 0.3 is 0 Å². The van der Waals surface area contributed by atoms with Gasteiger partial charge in [0, 0.05) is 24.2 Å². The highest BCUT2D eigenvalue weighted by Gasteiger charge is 2.06. The molecular formula is C16H17FN2O. The topological polar surface area (TPSA) is 46.3 Å². The van der Waals surface area contributed by atoms with Crippen LogP contribution in [0.15, 0.2) is 48.5 Å². The highest BCUT2D eigenvalue weighted by atomic mass is 19.1. The van der Waals surface area contributed by atoms with Crippen molar-refractivity contribution in [1.82, 2.24) is 4.90 Å². The minimum atomic E-state index is -0.434. The normalized spacial score (nSPS) is 10.8. The maximum absolute atomic E-state index is 13.6. The Kier molecular flexibility index (Phi) is 4.48. The second kappa shape index (κ2) is 6.30. The first kappa shape index (κ1) is 14.2. The third kappa shape index (κ3) is 3.65. The van der Waals surface area contributed by atoms with Gasteiger partial charge in [0.05, 0.1) is 0 Å². The minimum Gasteiger partial charge on any atom is -0.366 e. The van der Waals surface area contributed by atoms with E-state index in [9.17, 15) is 9.18 Å². The molecule has 0 radical (unpaired) electrons. The SMILES string of the molecule is CN(Cc1ccc(C(N)=O)cc1)Cc1ccccc1F. The van der Waals surface area contributed by atoms with Gasteiger partial charge in [-0.15, -0.1) is 0 Å². The number of hydrogen-bond donors (Lipinski definition) is 1. The Morgan fingerprint density at radius 3 is 2.35 bits per heavy atom. The van der Waals surface area contributed by atoms with Crippen LogP contribution in [0.3, 0.4) is 0 Å². The van der Waals surface area contributed by atoms with Crippen molar-refractivity contribution >= 4 is 5.91 Å². The molecular weight excluding hydrogens is 255 g/mol. The highest BCUT2D eigenvalue weighted by molar-refractivity contribution is 5.92. The third-order valence-electron chi connectivity index (χ3n) is 3.09. The molecule has 2 aromatic rings. The molecule has 0 fully saturated rings. The minimum absolute atomic E-state index is 0.191. The molecule has 20 heavy (non-hydrogen) atoms. The summed E-state index contributed by atoms with van der Waals surface area (Å²) < 4.78 is 13.6. The quantitative estimate of drug-likeness (QED) is 0.909. The number of amides is 1. The van der Waals surface area contributed by atoms with E-state index in [4.69, 9.17) is 5.73 Å². The van der Waals surface area contributed by atoms with Crippen molar-refractivity contribution in [2.75, 3.05) is 7.05 Å². The Morgan fingerprint density at radius 1 is 1.10 bits per heavy atom. The van der Waals surface area contributed by atoms with Gasteiger partial charge in [-0.25, -0.2) is 4.39 Å². The number of halogens is 1. The summed E-state index contributed by atoms with van der Waals surface area (Å²) in [6.45, 7) is 1.21. The zero-order chi connectivity index (χ0) is 14.5. The molecule has 104 valence electrons. The van der Waals surface area contributed by atoms with Gasteiger partial charge in [-0.2, -0.15) is 0 Å². The molecule has 0 unspecified atom stereocenters. The Bertz CT molecular complexity index is 596. The van der Waals surface area contributed by atoms with Gasteiger partial charge in [0.2, 0.25) is 5.91 Å². The Morgan fingerprint density at radius 2 is 1.75 bits per heavy atom. The van der Waals surface area contributed by atoms with E-state index < -0.39 is 5.91 Å². The number of carbonyl (C=O) groups excluding carboxylic acids is 1. The molecule has 2 rings (SSSR count). The molecule has 0 heterocycles. The fraction of sp³-hybridized carbons (Fsp3) is 0.188. The zero-order valence-corrected chi connectivity index (χ0v) is 11.3. The lowest BCUT2D eigenvalue weighted by molar-refractivity contribution is 0.100. The molecule has 1 amide bonds. The monoisotopic (exact) mass is 272 g/mol. The smallest absolute Gasteiger partial charge is 0.248 e. The Hall–Kier alpha value is -2.20. The summed E-state index contributed by atoms with van der Waals surface area (Å²) >= 11 is 0. The van der Waals surface area contributed by atoms with Crippen molar-refractivity contribution in [3.8, 4) is 0 Å². The van der Waals surface area contributed by atoms with Crippen molar-refractivity contribution in [3.05, 3.63) is 71.0 Å². The number of nitrogens with zero attached hydrogens (tertiary/aromatic N) is 1. The molecule has 0 aromatic heterocycles. The van der Waals surface area contributed by atoms with Crippen LogP contribution in [0.2, 0.25) is 0 Å². The predicted molar refractivity (Wildman–Crippen MR) is 76.5 cm³/mol. The van der Waals surface area contributed by atoms with Gasteiger partial charge < -0.3 is 5.73 Å². The fourth-order valence-electron chi connectivity index (χ4n) is 2.06. The summed E-state index contributed by atoms with van der Waals surface area (Å²) in [4.78, 5) is 13.0. The lowest BCUT2D eigenvalue weighted by atomic mass is 10.1. The van der Waals surface area contributed by atoms with E-state index in [1.807, 2.05) is 30.1 Å².